The van der Waals surface area contributed by atoms with Crippen LogP contribution in [0.15, 0.2) is 36.8 Å². The number of H-pyrrole nitrogens is 1. The van der Waals surface area contributed by atoms with Gasteiger partial charge in [-0.2, -0.15) is 0 Å². The largest absolute Gasteiger partial charge is 0.508 e. The average Bonchev–Trinajstić information content (AvgIpc) is 3.41. The van der Waals surface area contributed by atoms with Crippen molar-refractivity contribution in [2.75, 3.05) is 6.54 Å². The third-order valence-electron chi connectivity index (χ3n) is 5.94. The number of carboxylic acid groups (broad SMARTS) is 1. The number of hydrogen-bond donors (Lipinski definition) is 9. The van der Waals surface area contributed by atoms with Crippen molar-refractivity contribution in [1.82, 2.24) is 25.9 Å². The standard InChI is InChI=1S/C25H36N8O7/c26-8-2-1-3-18(23(37)33-20(25(39)40)9-14-4-6-16(34)7-5-14)31-24(38)19(11-21(28)35)32-22(36)17(27)10-15-12-29-13-30-15/h4-7,12-13,17-20,34H,1-3,8-11,26-27H2,(H2,28,35)(H,29,30)(H,31,38)(H,32,36)(H,33,37)(H,39,40). The highest BCUT2D eigenvalue weighted by Crippen LogP contribution is 2.12. The summed E-state index contributed by atoms with van der Waals surface area (Å²) in [6.07, 6.45) is 3.39. The molecule has 1 aromatic heterocycles. The second kappa shape index (κ2) is 15.8. The van der Waals surface area contributed by atoms with Crippen LogP contribution in [0.3, 0.4) is 0 Å². The maximum Gasteiger partial charge on any atom is 0.326 e. The van der Waals surface area contributed by atoms with Crippen molar-refractivity contribution >= 4 is 29.6 Å². The number of carbonyl (C=O) groups is 5. The molecule has 4 unspecified atom stereocenters. The lowest BCUT2D eigenvalue weighted by Crippen LogP contribution is -2.58. The van der Waals surface area contributed by atoms with Gasteiger partial charge >= 0.3 is 5.97 Å². The monoisotopic (exact) mass is 560 g/mol. The molecular weight excluding hydrogens is 524 g/mol. The Morgan fingerprint density at radius 1 is 0.900 bits per heavy atom. The zero-order chi connectivity index (χ0) is 29.7. The SMILES string of the molecule is NCCCCC(NC(=O)C(CC(N)=O)NC(=O)C(N)Cc1cnc[nH]1)C(=O)NC(Cc1ccc(O)cc1)C(=O)O. The third kappa shape index (κ3) is 10.7. The lowest BCUT2D eigenvalue weighted by Gasteiger charge is -2.25. The molecule has 2 rings (SSSR count). The zero-order valence-electron chi connectivity index (χ0n) is 21.8. The molecule has 4 atom stereocenters. The quantitative estimate of drug-likeness (QED) is 0.0939. The minimum atomic E-state index is -1.44. The first-order valence-corrected chi connectivity index (χ1v) is 12.6. The van der Waals surface area contributed by atoms with Crippen LogP contribution in [-0.4, -0.2) is 80.5 Å². The van der Waals surface area contributed by atoms with Gasteiger partial charge in [0, 0.05) is 24.7 Å². The maximum atomic E-state index is 13.1. The maximum absolute atomic E-state index is 13.1. The molecule has 4 amide bonds. The number of amides is 4. The minimum absolute atomic E-state index is 0.00205. The van der Waals surface area contributed by atoms with Crippen molar-refractivity contribution in [2.45, 2.75) is 62.7 Å². The number of imidazole rings is 1. The molecule has 1 heterocycles. The molecular formula is C25H36N8O7. The Hall–Kier alpha value is -4.50. The van der Waals surface area contributed by atoms with Gasteiger partial charge in [-0.3, -0.25) is 19.2 Å². The van der Waals surface area contributed by atoms with Crippen molar-refractivity contribution in [1.29, 1.82) is 0 Å². The molecule has 2 aromatic rings. The van der Waals surface area contributed by atoms with E-state index in [1.165, 1.54) is 36.8 Å². The molecule has 40 heavy (non-hydrogen) atoms. The summed E-state index contributed by atoms with van der Waals surface area (Å²) >= 11 is 0. The molecule has 1 aromatic carbocycles. The number of phenolic OH excluding ortho intramolecular Hbond substituents is 1. The number of carboxylic acids is 1. The van der Waals surface area contributed by atoms with E-state index < -0.39 is 60.2 Å². The Morgan fingerprint density at radius 2 is 1.52 bits per heavy atom. The topological polar surface area (TPSA) is 269 Å². The van der Waals surface area contributed by atoms with E-state index in [-0.39, 0.29) is 25.0 Å². The first kappa shape index (κ1) is 31.7. The average molecular weight is 561 g/mol. The number of primary amides is 1. The van der Waals surface area contributed by atoms with E-state index in [1.54, 1.807) is 0 Å². The Morgan fingerprint density at radius 3 is 2.10 bits per heavy atom. The summed E-state index contributed by atoms with van der Waals surface area (Å²) in [4.78, 5) is 69.0. The van der Waals surface area contributed by atoms with E-state index >= 15 is 0 Å². The van der Waals surface area contributed by atoms with Gasteiger partial charge in [-0.1, -0.05) is 12.1 Å². The number of carbonyl (C=O) groups excluding carboxylic acids is 4. The molecule has 0 saturated carbocycles. The summed E-state index contributed by atoms with van der Waals surface area (Å²) in [7, 11) is 0. The van der Waals surface area contributed by atoms with E-state index in [9.17, 15) is 34.2 Å². The van der Waals surface area contributed by atoms with Crippen molar-refractivity contribution in [3.8, 4) is 5.75 Å². The van der Waals surface area contributed by atoms with Crippen LogP contribution >= 0.6 is 0 Å². The van der Waals surface area contributed by atoms with Crippen LogP contribution < -0.4 is 33.2 Å². The van der Waals surface area contributed by atoms with E-state index in [4.69, 9.17) is 17.2 Å². The fourth-order valence-electron chi connectivity index (χ4n) is 3.79. The van der Waals surface area contributed by atoms with Crippen LogP contribution in [0.25, 0.3) is 0 Å². The van der Waals surface area contributed by atoms with Gasteiger partial charge in [-0.25, -0.2) is 9.78 Å². The number of unbranched alkanes of at least 4 members (excludes halogenated alkanes) is 1. The van der Waals surface area contributed by atoms with E-state index in [0.717, 1.165) is 0 Å². The van der Waals surface area contributed by atoms with Gasteiger partial charge < -0.3 is 48.3 Å². The van der Waals surface area contributed by atoms with Crippen LogP contribution in [0.5, 0.6) is 5.75 Å². The van der Waals surface area contributed by atoms with Gasteiger partial charge in [0.15, 0.2) is 0 Å². The van der Waals surface area contributed by atoms with Crippen LogP contribution in [0, 0.1) is 0 Å². The lowest BCUT2D eigenvalue weighted by molar-refractivity contribution is -0.142. The van der Waals surface area contributed by atoms with E-state index in [2.05, 4.69) is 25.9 Å². The van der Waals surface area contributed by atoms with Crippen molar-refractivity contribution in [3.63, 3.8) is 0 Å². The second-order valence-corrected chi connectivity index (χ2v) is 9.23. The van der Waals surface area contributed by atoms with Gasteiger partial charge in [-0.15, -0.1) is 0 Å². The number of benzene rings is 1. The van der Waals surface area contributed by atoms with Gasteiger partial charge in [0.05, 0.1) is 18.8 Å². The fraction of sp³-hybridized carbons (Fsp3) is 0.440. The van der Waals surface area contributed by atoms with E-state index in [0.29, 0.717) is 30.6 Å². The number of nitrogens with two attached hydrogens (primary N) is 3. The van der Waals surface area contributed by atoms with Crippen molar-refractivity contribution in [2.24, 2.45) is 17.2 Å². The van der Waals surface area contributed by atoms with Crippen LogP contribution in [0.1, 0.15) is 36.9 Å². The minimum Gasteiger partial charge on any atom is -0.508 e. The highest BCUT2D eigenvalue weighted by atomic mass is 16.4. The number of aromatic amines is 1. The van der Waals surface area contributed by atoms with Crippen molar-refractivity contribution < 1.29 is 34.2 Å². The van der Waals surface area contributed by atoms with E-state index in [1.807, 2.05) is 0 Å². The van der Waals surface area contributed by atoms with Gasteiger partial charge in [0.1, 0.15) is 23.9 Å². The predicted octanol–water partition coefficient (Wildman–Crippen LogP) is -2.23. The molecule has 0 aliphatic rings. The molecule has 15 nitrogen and oxygen atoms in total. The Kier molecular flexibility index (Phi) is 12.5. The number of nitrogens with zero attached hydrogens (tertiary/aromatic N) is 1. The molecule has 0 saturated heterocycles. The Balaban J connectivity index is 2.13. The lowest BCUT2D eigenvalue weighted by atomic mass is 10.0. The molecule has 0 spiro atoms. The molecule has 0 aliphatic carbocycles. The molecule has 0 radical (unpaired) electrons. The molecule has 0 fully saturated rings. The molecule has 0 bridgehead atoms. The molecule has 0 aliphatic heterocycles. The number of aromatic nitrogens is 2. The number of nitrogens with one attached hydrogen (secondary N) is 4. The third-order valence-corrected chi connectivity index (χ3v) is 5.94. The summed E-state index contributed by atoms with van der Waals surface area (Å²) in [5, 5.41) is 26.4. The van der Waals surface area contributed by atoms with Crippen molar-refractivity contribution in [3.05, 3.63) is 48.0 Å². The fourth-order valence-corrected chi connectivity index (χ4v) is 3.79. The van der Waals surface area contributed by atoms with Crippen LogP contribution in [0.4, 0.5) is 0 Å². The van der Waals surface area contributed by atoms with Gasteiger partial charge in [0.25, 0.3) is 0 Å². The smallest absolute Gasteiger partial charge is 0.326 e. The Labute approximate surface area is 230 Å². The normalized spacial score (nSPS) is 13.8. The highest BCUT2D eigenvalue weighted by Gasteiger charge is 2.31. The summed E-state index contributed by atoms with van der Waals surface area (Å²) in [6, 6.07) is 0.760. The number of aliphatic carboxylic acids is 1. The van der Waals surface area contributed by atoms with Crippen LogP contribution in [0.2, 0.25) is 0 Å². The summed E-state index contributed by atoms with van der Waals surface area (Å²) in [5.41, 5.74) is 17.9. The molecule has 218 valence electrons. The summed E-state index contributed by atoms with van der Waals surface area (Å²) in [5.74, 6) is -4.58. The number of rotatable bonds is 17. The van der Waals surface area contributed by atoms with Gasteiger partial charge in [-0.05, 0) is 43.5 Å². The Bertz CT molecular complexity index is 1140. The number of phenols is 1. The molecule has 15 heteroatoms. The molecule has 12 N–H and O–H groups in total. The zero-order valence-corrected chi connectivity index (χ0v) is 21.8. The van der Waals surface area contributed by atoms with Crippen LogP contribution in [-0.2, 0) is 36.8 Å². The number of hydrogen-bond acceptors (Lipinski definition) is 9. The summed E-state index contributed by atoms with van der Waals surface area (Å²) in [6.45, 7) is 0.329. The van der Waals surface area contributed by atoms with Gasteiger partial charge in [0.2, 0.25) is 23.6 Å². The highest BCUT2D eigenvalue weighted by molar-refractivity contribution is 5.96. The first-order valence-electron chi connectivity index (χ1n) is 12.6. The second-order valence-electron chi connectivity index (χ2n) is 9.23. The number of aromatic hydroxyl groups is 1. The predicted molar refractivity (Wildman–Crippen MR) is 142 cm³/mol. The first-order chi connectivity index (χ1) is 19.0. The summed E-state index contributed by atoms with van der Waals surface area (Å²) < 4.78 is 0.